The molecule has 0 atom stereocenters. The van der Waals surface area contributed by atoms with E-state index in [-0.39, 0.29) is 5.69 Å². The third-order valence-corrected chi connectivity index (χ3v) is 3.06. The molecule has 0 aliphatic heterocycles. The van der Waals surface area contributed by atoms with Crippen LogP contribution in [0.1, 0.15) is 23.0 Å². The highest BCUT2D eigenvalue weighted by Gasteiger charge is 2.14. The van der Waals surface area contributed by atoms with Gasteiger partial charge in [0.1, 0.15) is 5.82 Å². The molecule has 21 heavy (non-hydrogen) atoms. The summed E-state index contributed by atoms with van der Waals surface area (Å²) in [6.45, 7) is 4.42. The molecule has 2 aromatic rings. The third-order valence-electron chi connectivity index (χ3n) is 2.83. The lowest BCUT2D eigenvalue weighted by Gasteiger charge is -2.12. The Labute approximate surface area is 127 Å². The summed E-state index contributed by atoms with van der Waals surface area (Å²) < 4.78 is 13.7. The van der Waals surface area contributed by atoms with Gasteiger partial charge >= 0.3 is 0 Å². The van der Waals surface area contributed by atoms with E-state index in [1.165, 1.54) is 24.4 Å². The second kappa shape index (κ2) is 6.54. The maximum absolute atomic E-state index is 13.7. The topological polar surface area (TPSA) is 54.0 Å². The summed E-state index contributed by atoms with van der Waals surface area (Å²) in [6, 6.07) is 5.76. The van der Waals surface area contributed by atoms with Gasteiger partial charge in [0.2, 0.25) is 0 Å². The van der Waals surface area contributed by atoms with E-state index >= 15 is 0 Å². The highest BCUT2D eigenvalue weighted by atomic mass is 35.5. The van der Waals surface area contributed by atoms with Crippen LogP contribution in [0.5, 0.6) is 0 Å². The van der Waals surface area contributed by atoms with Crippen LogP contribution in [0, 0.1) is 12.7 Å². The molecule has 0 radical (unpaired) electrons. The van der Waals surface area contributed by atoms with E-state index < -0.39 is 11.7 Å². The van der Waals surface area contributed by atoms with Crippen LogP contribution in [0.3, 0.4) is 0 Å². The summed E-state index contributed by atoms with van der Waals surface area (Å²) in [4.78, 5) is 16.4. The molecule has 6 heteroatoms. The molecular weight excluding hydrogens is 293 g/mol. The number of anilines is 2. The lowest BCUT2D eigenvalue weighted by molar-refractivity contribution is 0.102. The lowest BCUT2D eigenvalue weighted by atomic mass is 10.2. The molecule has 1 aromatic carbocycles. The Hall–Kier alpha value is -2.14. The molecule has 1 amide bonds. The minimum atomic E-state index is -0.544. The molecule has 0 bridgehead atoms. The van der Waals surface area contributed by atoms with Crippen LogP contribution in [-0.2, 0) is 0 Å². The monoisotopic (exact) mass is 307 g/mol. The second-order valence-electron chi connectivity index (χ2n) is 4.48. The minimum Gasteiger partial charge on any atom is -0.385 e. The van der Waals surface area contributed by atoms with E-state index in [1.54, 1.807) is 6.07 Å². The Kier molecular flexibility index (Phi) is 4.75. The number of pyridine rings is 1. The molecule has 0 spiro atoms. The number of nitrogens with one attached hydrogen (secondary N) is 2. The van der Waals surface area contributed by atoms with Crippen molar-refractivity contribution in [3.63, 3.8) is 0 Å². The van der Waals surface area contributed by atoms with E-state index in [4.69, 9.17) is 11.6 Å². The Balaban J connectivity index is 2.30. The van der Waals surface area contributed by atoms with E-state index in [9.17, 15) is 9.18 Å². The first-order valence-electron chi connectivity index (χ1n) is 6.48. The number of hydrogen-bond acceptors (Lipinski definition) is 3. The standard InChI is InChI=1S/C15H15ClFN3O/c1-3-18-13-6-9(2)19-8-11(13)15(21)20-14-7-10(16)4-5-12(14)17/h4-8H,3H2,1-2H3,(H,18,19)(H,20,21). The number of aryl methyl sites for hydroxylation is 1. The molecule has 0 fully saturated rings. The van der Waals surface area contributed by atoms with Gasteiger partial charge in [-0.25, -0.2) is 4.39 Å². The summed E-state index contributed by atoms with van der Waals surface area (Å²) in [5.41, 5.74) is 1.83. The average Bonchev–Trinajstić information content (AvgIpc) is 2.43. The van der Waals surface area contributed by atoms with Crippen molar-refractivity contribution in [2.24, 2.45) is 0 Å². The molecule has 0 saturated carbocycles. The van der Waals surface area contributed by atoms with Crippen molar-refractivity contribution in [3.8, 4) is 0 Å². The third kappa shape index (κ3) is 3.70. The molecule has 1 aromatic heterocycles. The fourth-order valence-electron chi connectivity index (χ4n) is 1.86. The van der Waals surface area contributed by atoms with E-state index in [1.807, 2.05) is 13.8 Å². The van der Waals surface area contributed by atoms with Gasteiger partial charge in [0.05, 0.1) is 16.9 Å². The molecule has 0 unspecified atom stereocenters. The minimum absolute atomic E-state index is 0.0375. The van der Waals surface area contributed by atoms with E-state index in [0.29, 0.717) is 22.8 Å². The van der Waals surface area contributed by atoms with Crippen LogP contribution >= 0.6 is 11.6 Å². The Morgan fingerprint density at radius 1 is 1.33 bits per heavy atom. The van der Waals surface area contributed by atoms with Crippen LogP contribution in [0.15, 0.2) is 30.5 Å². The number of carbonyl (C=O) groups excluding carboxylic acids is 1. The van der Waals surface area contributed by atoms with Crippen molar-refractivity contribution in [3.05, 3.63) is 52.6 Å². The smallest absolute Gasteiger partial charge is 0.259 e. The van der Waals surface area contributed by atoms with Crippen molar-refractivity contribution in [2.75, 3.05) is 17.2 Å². The second-order valence-corrected chi connectivity index (χ2v) is 4.92. The van der Waals surface area contributed by atoms with Crippen molar-refractivity contribution in [1.29, 1.82) is 0 Å². The Morgan fingerprint density at radius 3 is 2.81 bits per heavy atom. The number of amides is 1. The number of nitrogens with zero attached hydrogens (tertiary/aromatic N) is 1. The van der Waals surface area contributed by atoms with Gasteiger partial charge < -0.3 is 10.6 Å². The zero-order valence-corrected chi connectivity index (χ0v) is 12.5. The van der Waals surface area contributed by atoms with E-state index in [0.717, 1.165) is 5.69 Å². The SMILES string of the molecule is CCNc1cc(C)ncc1C(=O)Nc1cc(Cl)ccc1F. The van der Waals surface area contributed by atoms with Gasteiger partial charge in [0, 0.05) is 23.5 Å². The van der Waals surface area contributed by atoms with Gasteiger partial charge in [-0.05, 0) is 38.1 Å². The molecule has 2 rings (SSSR count). The summed E-state index contributed by atoms with van der Waals surface area (Å²) in [6.07, 6.45) is 1.46. The molecule has 0 aliphatic rings. The summed E-state index contributed by atoms with van der Waals surface area (Å²) >= 11 is 5.81. The number of aromatic nitrogens is 1. The van der Waals surface area contributed by atoms with Crippen molar-refractivity contribution < 1.29 is 9.18 Å². The predicted octanol–water partition coefficient (Wildman–Crippen LogP) is 3.87. The summed E-state index contributed by atoms with van der Waals surface area (Å²) in [7, 11) is 0. The van der Waals surface area contributed by atoms with Crippen molar-refractivity contribution in [1.82, 2.24) is 4.98 Å². The molecule has 0 aliphatic carbocycles. The average molecular weight is 308 g/mol. The van der Waals surface area contributed by atoms with Gasteiger partial charge in [-0.15, -0.1) is 0 Å². The van der Waals surface area contributed by atoms with E-state index in [2.05, 4.69) is 15.6 Å². The molecular formula is C15H15ClFN3O. The Morgan fingerprint density at radius 2 is 2.10 bits per heavy atom. The predicted molar refractivity (Wildman–Crippen MR) is 82.5 cm³/mol. The van der Waals surface area contributed by atoms with Crippen molar-refractivity contribution in [2.45, 2.75) is 13.8 Å². The quantitative estimate of drug-likeness (QED) is 0.901. The zero-order chi connectivity index (χ0) is 15.4. The number of benzene rings is 1. The lowest BCUT2D eigenvalue weighted by Crippen LogP contribution is -2.16. The highest BCUT2D eigenvalue weighted by Crippen LogP contribution is 2.22. The zero-order valence-electron chi connectivity index (χ0n) is 11.7. The maximum Gasteiger partial charge on any atom is 0.259 e. The summed E-state index contributed by atoms with van der Waals surface area (Å²) in [5.74, 6) is -0.988. The number of hydrogen-bond donors (Lipinski definition) is 2. The first-order valence-corrected chi connectivity index (χ1v) is 6.86. The fraction of sp³-hybridized carbons (Fsp3) is 0.200. The van der Waals surface area contributed by atoms with Crippen LogP contribution in [0.2, 0.25) is 5.02 Å². The largest absolute Gasteiger partial charge is 0.385 e. The molecule has 4 nitrogen and oxygen atoms in total. The van der Waals surface area contributed by atoms with Crippen LogP contribution in [0.25, 0.3) is 0 Å². The van der Waals surface area contributed by atoms with Crippen LogP contribution < -0.4 is 10.6 Å². The van der Waals surface area contributed by atoms with Gasteiger partial charge in [-0.3, -0.25) is 9.78 Å². The molecule has 110 valence electrons. The highest BCUT2D eigenvalue weighted by molar-refractivity contribution is 6.31. The van der Waals surface area contributed by atoms with Gasteiger partial charge in [0.15, 0.2) is 0 Å². The van der Waals surface area contributed by atoms with Gasteiger partial charge in [0.25, 0.3) is 5.91 Å². The number of halogens is 2. The Bertz CT molecular complexity index is 676. The molecule has 1 heterocycles. The van der Waals surface area contributed by atoms with Crippen LogP contribution in [0.4, 0.5) is 15.8 Å². The van der Waals surface area contributed by atoms with Gasteiger partial charge in [-0.1, -0.05) is 11.6 Å². The first kappa shape index (κ1) is 15.3. The first-order chi connectivity index (χ1) is 10.0. The fourth-order valence-corrected chi connectivity index (χ4v) is 2.03. The number of rotatable bonds is 4. The number of carbonyl (C=O) groups is 1. The maximum atomic E-state index is 13.7. The van der Waals surface area contributed by atoms with Crippen molar-refractivity contribution >= 4 is 28.9 Å². The normalized spacial score (nSPS) is 10.3. The summed E-state index contributed by atoms with van der Waals surface area (Å²) in [5, 5.41) is 5.94. The van der Waals surface area contributed by atoms with Crippen LogP contribution in [-0.4, -0.2) is 17.4 Å². The van der Waals surface area contributed by atoms with Gasteiger partial charge in [-0.2, -0.15) is 0 Å². The molecule has 0 saturated heterocycles. The molecule has 2 N–H and O–H groups in total.